The standard InChI is InChI=1S/C11H14FIN2O3/c1-3-11(2,6-16)14-9-4-7(12)8(13)5-10(9)15(17)18/h4-5,14,16H,3,6H2,1-2H3. The van der Waals surface area contributed by atoms with Crippen molar-refractivity contribution in [3.63, 3.8) is 0 Å². The minimum absolute atomic E-state index is 0.0799. The van der Waals surface area contributed by atoms with E-state index in [0.29, 0.717) is 6.42 Å². The van der Waals surface area contributed by atoms with E-state index < -0.39 is 16.3 Å². The van der Waals surface area contributed by atoms with Gasteiger partial charge in [0.1, 0.15) is 11.5 Å². The highest BCUT2D eigenvalue weighted by Gasteiger charge is 2.26. The quantitative estimate of drug-likeness (QED) is 0.476. The highest BCUT2D eigenvalue weighted by molar-refractivity contribution is 14.1. The van der Waals surface area contributed by atoms with Gasteiger partial charge in [0.15, 0.2) is 0 Å². The molecule has 5 nitrogen and oxygen atoms in total. The Balaban J connectivity index is 3.22. The Kier molecular flexibility index (Phi) is 4.85. The minimum Gasteiger partial charge on any atom is -0.394 e. The third-order valence-corrected chi connectivity index (χ3v) is 3.63. The first kappa shape index (κ1) is 15.1. The zero-order valence-electron chi connectivity index (χ0n) is 10.0. The van der Waals surface area contributed by atoms with Crippen molar-refractivity contribution >= 4 is 34.0 Å². The zero-order chi connectivity index (χ0) is 13.9. The van der Waals surface area contributed by atoms with E-state index in [9.17, 15) is 19.6 Å². The minimum atomic E-state index is -0.718. The molecular weight excluding hydrogens is 354 g/mol. The largest absolute Gasteiger partial charge is 0.394 e. The molecule has 0 aliphatic carbocycles. The maximum atomic E-state index is 13.5. The highest BCUT2D eigenvalue weighted by Crippen LogP contribution is 2.31. The molecule has 100 valence electrons. The third-order valence-electron chi connectivity index (χ3n) is 2.80. The van der Waals surface area contributed by atoms with Crippen LogP contribution >= 0.6 is 22.6 Å². The van der Waals surface area contributed by atoms with Gasteiger partial charge in [-0.15, -0.1) is 0 Å². The van der Waals surface area contributed by atoms with Gasteiger partial charge in [-0.3, -0.25) is 10.1 Å². The first-order valence-electron chi connectivity index (χ1n) is 5.35. The van der Waals surface area contributed by atoms with Crippen LogP contribution in [0.15, 0.2) is 12.1 Å². The first-order valence-corrected chi connectivity index (χ1v) is 6.43. The molecule has 1 unspecified atom stereocenters. The average molecular weight is 368 g/mol. The molecule has 0 aliphatic rings. The van der Waals surface area contributed by atoms with E-state index >= 15 is 0 Å². The number of nitro groups is 1. The van der Waals surface area contributed by atoms with E-state index in [0.717, 1.165) is 6.07 Å². The lowest BCUT2D eigenvalue weighted by atomic mass is 9.99. The van der Waals surface area contributed by atoms with Crippen molar-refractivity contribution in [2.24, 2.45) is 0 Å². The van der Waals surface area contributed by atoms with Crippen molar-refractivity contribution in [3.05, 3.63) is 31.6 Å². The molecule has 0 heterocycles. The van der Waals surface area contributed by atoms with Gasteiger partial charge in [-0.25, -0.2) is 4.39 Å². The number of aliphatic hydroxyl groups is 1. The van der Waals surface area contributed by atoms with E-state index in [4.69, 9.17) is 0 Å². The molecule has 0 aliphatic heterocycles. The molecule has 0 radical (unpaired) electrons. The highest BCUT2D eigenvalue weighted by atomic mass is 127. The number of hydrogen-bond donors (Lipinski definition) is 2. The maximum Gasteiger partial charge on any atom is 0.293 e. The molecule has 0 fully saturated rings. The third kappa shape index (κ3) is 3.29. The number of benzene rings is 1. The van der Waals surface area contributed by atoms with Gasteiger partial charge in [0.2, 0.25) is 0 Å². The van der Waals surface area contributed by atoms with Crippen LogP contribution in [0.2, 0.25) is 0 Å². The van der Waals surface area contributed by atoms with Crippen molar-refractivity contribution in [1.29, 1.82) is 0 Å². The molecule has 0 saturated carbocycles. The van der Waals surface area contributed by atoms with Crippen LogP contribution in [0.4, 0.5) is 15.8 Å². The molecule has 0 amide bonds. The van der Waals surface area contributed by atoms with E-state index in [1.807, 2.05) is 6.92 Å². The summed E-state index contributed by atoms with van der Waals surface area (Å²) in [4.78, 5) is 10.4. The lowest BCUT2D eigenvalue weighted by Crippen LogP contribution is -2.38. The molecule has 2 N–H and O–H groups in total. The van der Waals surface area contributed by atoms with Gasteiger partial charge in [-0.2, -0.15) is 0 Å². The van der Waals surface area contributed by atoms with Gasteiger partial charge < -0.3 is 10.4 Å². The van der Waals surface area contributed by atoms with Crippen molar-refractivity contribution in [3.8, 4) is 0 Å². The average Bonchev–Trinajstić information content (AvgIpc) is 2.33. The maximum absolute atomic E-state index is 13.5. The van der Waals surface area contributed by atoms with Gasteiger partial charge in [-0.05, 0) is 35.9 Å². The van der Waals surface area contributed by atoms with Gasteiger partial charge in [0, 0.05) is 12.1 Å². The number of nitrogens with one attached hydrogen (secondary N) is 1. The summed E-state index contributed by atoms with van der Waals surface area (Å²) in [5.74, 6) is -0.528. The molecule has 1 aromatic carbocycles. The van der Waals surface area contributed by atoms with Crippen LogP contribution in [0.3, 0.4) is 0 Å². The van der Waals surface area contributed by atoms with Crippen LogP contribution in [0, 0.1) is 19.5 Å². The van der Waals surface area contributed by atoms with Crippen molar-refractivity contribution < 1.29 is 14.4 Å². The van der Waals surface area contributed by atoms with Gasteiger partial charge >= 0.3 is 0 Å². The fraction of sp³-hybridized carbons (Fsp3) is 0.455. The molecule has 0 aromatic heterocycles. The summed E-state index contributed by atoms with van der Waals surface area (Å²) in [6.07, 6.45) is 0.550. The number of rotatable bonds is 5. The first-order chi connectivity index (χ1) is 8.33. The van der Waals surface area contributed by atoms with Crippen LogP contribution in [0.1, 0.15) is 20.3 Å². The Labute approximate surface area is 118 Å². The number of aliphatic hydroxyl groups excluding tert-OH is 1. The molecule has 7 heteroatoms. The Bertz CT molecular complexity index is 464. The number of anilines is 1. The zero-order valence-corrected chi connectivity index (χ0v) is 12.2. The monoisotopic (exact) mass is 368 g/mol. The number of hydrogen-bond acceptors (Lipinski definition) is 4. The summed E-state index contributed by atoms with van der Waals surface area (Å²) in [6, 6.07) is 2.26. The van der Waals surface area contributed by atoms with Crippen LogP contribution in [0.5, 0.6) is 0 Å². The van der Waals surface area contributed by atoms with Crippen molar-refractivity contribution in [2.45, 2.75) is 25.8 Å². The van der Waals surface area contributed by atoms with Crippen LogP contribution in [-0.4, -0.2) is 22.2 Å². The molecular formula is C11H14FIN2O3. The van der Waals surface area contributed by atoms with Gasteiger partial charge in [0.25, 0.3) is 5.69 Å². The normalized spacial score (nSPS) is 14.1. The molecule has 1 rings (SSSR count). The van der Waals surface area contributed by atoms with Crippen molar-refractivity contribution in [1.82, 2.24) is 0 Å². The Morgan fingerprint density at radius 1 is 1.61 bits per heavy atom. The topological polar surface area (TPSA) is 75.4 Å². The van der Waals surface area contributed by atoms with E-state index in [1.54, 1.807) is 29.5 Å². The molecule has 0 spiro atoms. The lowest BCUT2D eigenvalue weighted by Gasteiger charge is -2.28. The van der Waals surface area contributed by atoms with Crippen LogP contribution in [-0.2, 0) is 0 Å². The van der Waals surface area contributed by atoms with E-state index in [1.165, 1.54) is 6.07 Å². The summed E-state index contributed by atoms with van der Waals surface area (Å²) < 4.78 is 13.7. The summed E-state index contributed by atoms with van der Waals surface area (Å²) in [7, 11) is 0. The van der Waals surface area contributed by atoms with Crippen LogP contribution in [0.25, 0.3) is 0 Å². The fourth-order valence-corrected chi connectivity index (χ4v) is 1.80. The molecule has 1 atom stereocenters. The molecule has 0 saturated heterocycles. The number of halogens is 2. The predicted octanol–water partition coefficient (Wildman–Crippen LogP) is 2.91. The second-order valence-electron chi connectivity index (χ2n) is 4.24. The van der Waals surface area contributed by atoms with Crippen LogP contribution < -0.4 is 5.32 Å². The summed E-state index contributed by atoms with van der Waals surface area (Å²) in [6.45, 7) is 3.35. The number of nitrogens with zero attached hydrogens (tertiary/aromatic N) is 1. The lowest BCUT2D eigenvalue weighted by molar-refractivity contribution is -0.384. The Hall–Kier alpha value is -0.960. The number of nitro benzene ring substituents is 1. The van der Waals surface area contributed by atoms with Gasteiger partial charge in [0.05, 0.1) is 20.6 Å². The van der Waals surface area contributed by atoms with E-state index in [2.05, 4.69) is 5.32 Å². The summed E-state index contributed by atoms with van der Waals surface area (Å²) >= 11 is 1.70. The fourth-order valence-electron chi connectivity index (χ4n) is 1.35. The van der Waals surface area contributed by atoms with Gasteiger partial charge in [-0.1, -0.05) is 6.92 Å². The van der Waals surface area contributed by atoms with E-state index in [-0.39, 0.29) is 21.6 Å². The molecule has 18 heavy (non-hydrogen) atoms. The Morgan fingerprint density at radius 3 is 2.67 bits per heavy atom. The SMILES string of the molecule is CCC(C)(CO)Nc1cc(F)c(I)cc1[N+](=O)[O-]. The smallest absolute Gasteiger partial charge is 0.293 e. The summed E-state index contributed by atoms with van der Waals surface area (Å²) in [5, 5.41) is 23.0. The molecule has 1 aromatic rings. The Morgan fingerprint density at radius 2 is 2.22 bits per heavy atom. The second-order valence-corrected chi connectivity index (χ2v) is 5.40. The second kappa shape index (κ2) is 5.79. The molecule has 0 bridgehead atoms. The summed E-state index contributed by atoms with van der Waals surface area (Å²) in [5.41, 5.74) is -0.838. The van der Waals surface area contributed by atoms with Crippen molar-refractivity contribution in [2.75, 3.05) is 11.9 Å². The predicted molar refractivity (Wildman–Crippen MR) is 75.2 cm³/mol.